The van der Waals surface area contributed by atoms with E-state index in [1.165, 1.54) is 11.1 Å². The Balaban J connectivity index is 1.39. The highest BCUT2D eigenvalue weighted by Crippen LogP contribution is 2.31. The molecule has 1 aliphatic heterocycles. The third-order valence-corrected chi connectivity index (χ3v) is 6.90. The minimum atomic E-state index is -0.0907. The SMILES string of the molecule is Cc1ccc(-n2nc3c(N4CCC[C@@H](C(=O)NCc5cccc(C)c5)C4)nnc(C)c3c2C)cc1. The summed E-state index contributed by atoms with van der Waals surface area (Å²) in [6.45, 7) is 10.2. The van der Waals surface area contributed by atoms with Gasteiger partial charge in [-0.05, 0) is 58.2 Å². The number of carbonyl (C=O) groups excluding carboxylic acids is 1. The quantitative estimate of drug-likeness (QED) is 0.464. The number of benzene rings is 2. The van der Waals surface area contributed by atoms with E-state index in [0.29, 0.717) is 13.1 Å². The number of nitrogens with zero attached hydrogens (tertiary/aromatic N) is 5. The zero-order chi connectivity index (χ0) is 24.5. The van der Waals surface area contributed by atoms with Crippen LogP contribution >= 0.6 is 0 Å². The number of fused-ring (bicyclic) bond motifs is 1. The van der Waals surface area contributed by atoms with E-state index in [4.69, 9.17) is 5.10 Å². The Morgan fingerprint density at radius 2 is 1.83 bits per heavy atom. The average Bonchev–Trinajstić information content (AvgIpc) is 3.21. The van der Waals surface area contributed by atoms with Crippen LogP contribution < -0.4 is 10.2 Å². The van der Waals surface area contributed by atoms with Crippen LogP contribution in [0.2, 0.25) is 0 Å². The Kier molecular flexibility index (Phi) is 6.24. The van der Waals surface area contributed by atoms with Gasteiger partial charge in [-0.2, -0.15) is 10.2 Å². The summed E-state index contributed by atoms with van der Waals surface area (Å²) in [5.74, 6) is 0.761. The highest BCUT2D eigenvalue weighted by molar-refractivity contribution is 5.92. The van der Waals surface area contributed by atoms with Crippen molar-refractivity contribution in [3.63, 3.8) is 0 Å². The summed E-state index contributed by atoms with van der Waals surface area (Å²) in [4.78, 5) is 15.2. The molecule has 2 aromatic carbocycles. The zero-order valence-corrected chi connectivity index (χ0v) is 20.9. The molecule has 0 spiro atoms. The molecule has 0 radical (unpaired) electrons. The second kappa shape index (κ2) is 9.49. The fourth-order valence-corrected chi connectivity index (χ4v) is 5.00. The van der Waals surface area contributed by atoms with Crippen molar-refractivity contribution in [3.05, 3.63) is 76.6 Å². The Morgan fingerprint density at radius 1 is 1.03 bits per heavy atom. The molecule has 4 aromatic rings. The molecule has 2 aromatic heterocycles. The van der Waals surface area contributed by atoms with Crippen molar-refractivity contribution in [1.82, 2.24) is 25.3 Å². The van der Waals surface area contributed by atoms with E-state index < -0.39 is 0 Å². The summed E-state index contributed by atoms with van der Waals surface area (Å²) in [5, 5.41) is 18.2. The lowest BCUT2D eigenvalue weighted by Gasteiger charge is -2.32. The van der Waals surface area contributed by atoms with Crippen LogP contribution in [-0.2, 0) is 11.3 Å². The van der Waals surface area contributed by atoms with Gasteiger partial charge >= 0.3 is 0 Å². The number of piperidine rings is 1. The number of hydrogen-bond donors (Lipinski definition) is 1. The molecule has 0 saturated carbocycles. The Labute approximate surface area is 206 Å². The van der Waals surface area contributed by atoms with Gasteiger partial charge < -0.3 is 10.2 Å². The lowest BCUT2D eigenvalue weighted by atomic mass is 9.96. The van der Waals surface area contributed by atoms with Crippen molar-refractivity contribution >= 4 is 22.6 Å². The van der Waals surface area contributed by atoms with Gasteiger partial charge in [0.1, 0.15) is 5.52 Å². The van der Waals surface area contributed by atoms with Crippen molar-refractivity contribution in [2.75, 3.05) is 18.0 Å². The molecule has 0 bridgehead atoms. The maximum absolute atomic E-state index is 13.0. The fourth-order valence-electron chi connectivity index (χ4n) is 5.00. The van der Waals surface area contributed by atoms with Crippen LogP contribution in [-0.4, -0.2) is 39.0 Å². The Morgan fingerprint density at radius 3 is 2.60 bits per heavy atom. The number of rotatable bonds is 5. The van der Waals surface area contributed by atoms with Crippen LogP contribution in [0.5, 0.6) is 0 Å². The normalized spacial score (nSPS) is 16.0. The third kappa shape index (κ3) is 4.63. The van der Waals surface area contributed by atoms with Crippen molar-refractivity contribution in [1.29, 1.82) is 0 Å². The molecule has 1 atom stereocenters. The van der Waals surface area contributed by atoms with Gasteiger partial charge in [0.25, 0.3) is 0 Å². The molecule has 0 unspecified atom stereocenters. The minimum absolute atomic E-state index is 0.0907. The van der Waals surface area contributed by atoms with Crippen molar-refractivity contribution in [2.45, 2.75) is 47.1 Å². The van der Waals surface area contributed by atoms with Gasteiger partial charge in [-0.25, -0.2) is 4.68 Å². The highest BCUT2D eigenvalue weighted by atomic mass is 16.1. The molecule has 1 fully saturated rings. The van der Waals surface area contributed by atoms with Crippen LogP contribution in [0.4, 0.5) is 5.82 Å². The van der Waals surface area contributed by atoms with E-state index in [1.807, 2.05) is 23.7 Å². The number of aromatic nitrogens is 4. The minimum Gasteiger partial charge on any atom is -0.352 e. The predicted octanol–water partition coefficient (Wildman–Crippen LogP) is 4.58. The predicted molar refractivity (Wildman–Crippen MR) is 139 cm³/mol. The molecule has 1 amide bonds. The number of anilines is 1. The first kappa shape index (κ1) is 23.0. The number of aryl methyl sites for hydroxylation is 4. The van der Waals surface area contributed by atoms with Gasteiger partial charge in [-0.3, -0.25) is 4.79 Å². The smallest absolute Gasteiger partial charge is 0.225 e. The van der Waals surface area contributed by atoms with E-state index >= 15 is 0 Å². The van der Waals surface area contributed by atoms with Crippen molar-refractivity contribution in [3.8, 4) is 5.69 Å². The summed E-state index contributed by atoms with van der Waals surface area (Å²) >= 11 is 0. The van der Waals surface area contributed by atoms with E-state index in [-0.39, 0.29) is 11.8 Å². The molecule has 7 nitrogen and oxygen atoms in total. The lowest BCUT2D eigenvalue weighted by Crippen LogP contribution is -2.43. The van der Waals surface area contributed by atoms with Crippen molar-refractivity contribution < 1.29 is 4.79 Å². The second-order valence-electron chi connectivity index (χ2n) is 9.66. The standard InChI is InChI=1S/C28H32N6O/c1-18-10-12-24(13-11-18)34-21(4)25-20(3)30-31-27(26(25)32-34)33-14-6-9-23(17-33)28(35)29-16-22-8-5-7-19(2)15-22/h5,7-8,10-13,15,23H,6,9,14,16-17H2,1-4H3,(H,29,35)/t23-/m1/s1. The summed E-state index contributed by atoms with van der Waals surface area (Å²) in [6.07, 6.45) is 1.80. The number of carbonyl (C=O) groups is 1. The summed E-state index contributed by atoms with van der Waals surface area (Å²) in [5.41, 5.74) is 7.30. The van der Waals surface area contributed by atoms with Gasteiger partial charge in [-0.15, -0.1) is 5.10 Å². The highest BCUT2D eigenvalue weighted by Gasteiger charge is 2.29. The molecule has 5 rings (SSSR count). The molecule has 1 aliphatic rings. The molecule has 3 heterocycles. The van der Waals surface area contributed by atoms with Crippen molar-refractivity contribution in [2.24, 2.45) is 5.92 Å². The molecule has 1 saturated heterocycles. The van der Waals surface area contributed by atoms with E-state index in [9.17, 15) is 4.79 Å². The largest absolute Gasteiger partial charge is 0.352 e. The van der Waals surface area contributed by atoms with Crippen LogP contribution in [0.25, 0.3) is 16.6 Å². The van der Waals surface area contributed by atoms with Gasteiger partial charge in [0.15, 0.2) is 5.82 Å². The second-order valence-corrected chi connectivity index (χ2v) is 9.66. The summed E-state index contributed by atoms with van der Waals surface area (Å²) in [7, 11) is 0. The van der Waals surface area contributed by atoms with Crippen LogP contribution in [0.15, 0.2) is 48.5 Å². The van der Waals surface area contributed by atoms with Crippen LogP contribution in [0.1, 0.15) is 40.9 Å². The maximum atomic E-state index is 13.0. The fraction of sp³-hybridized carbons (Fsp3) is 0.357. The molecule has 180 valence electrons. The van der Waals surface area contributed by atoms with Crippen LogP contribution in [0, 0.1) is 33.6 Å². The first-order valence-electron chi connectivity index (χ1n) is 12.3. The molecular weight excluding hydrogens is 436 g/mol. The van der Waals surface area contributed by atoms with Crippen LogP contribution in [0.3, 0.4) is 0 Å². The lowest BCUT2D eigenvalue weighted by molar-refractivity contribution is -0.125. The summed E-state index contributed by atoms with van der Waals surface area (Å²) in [6, 6.07) is 16.6. The summed E-state index contributed by atoms with van der Waals surface area (Å²) < 4.78 is 1.97. The van der Waals surface area contributed by atoms with E-state index in [2.05, 4.69) is 77.6 Å². The first-order valence-corrected chi connectivity index (χ1v) is 12.3. The monoisotopic (exact) mass is 468 g/mol. The van der Waals surface area contributed by atoms with Gasteiger partial charge in [0, 0.05) is 19.6 Å². The zero-order valence-electron chi connectivity index (χ0n) is 20.9. The maximum Gasteiger partial charge on any atom is 0.225 e. The van der Waals surface area contributed by atoms with E-state index in [0.717, 1.165) is 58.7 Å². The molecule has 7 heteroatoms. The number of hydrogen-bond acceptors (Lipinski definition) is 5. The third-order valence-electron chi connectivity index (χ3n) is 6.90. The molecule has 1 N–H and O–H groups in total. The van der Waals surface area contributed by atoms with Gasteiger partial charge in [0.2, 0.25) is 5.91 Å². The van der Waals surface area contributed by atoms with Gasteiger partial charge in [0.05, 0.1) is 28.4 Å². The Hall–Kier alpha value is -3.74. The average molecular weight is 469 g/mol. The molecular formula is C28H32N6O. The number of amides is 1. The molecule has 35 heavy (non-hydrogen) atoms. The van der Waals surface area contributed by atoms with E-state index in [1.54, 1.807) is 0 Å². The topological polar surface area (TPSA) is 75.9 Å². The first-order chi connectivity index (χ1) is 16.9. The number of nitrogens with one attached hydrogen (secondary N) is 1. The molecule has 0 aliphatic carbocycles. The van der Waals surface area contributed by atoms with Gasteiger partial charge in [-0.1, -0.05) is 47.5 Å². The Bertz CT molecular complexity index is 1370.